The standard InChI is InChI=1S/C35H46ClN5O6Si/c1-35(2,3)47-34(45)39-20-24-11-12-28(36)17-26(24)21-38-32(43)29-10-8-14-41(29)33(44)30-18-27(31(42)25-9-7-13-37-19-25)22-40(30)23-46-15-16-48(4,5)6/h7,9,11-13,17-19,22,29H,8,10,14-16,20-21,23H2,1-6H3,(H,38,43)(H,39,45)/t29-/m0/s1. The number of nitrogens with zero attached hydrogens (tertiary/aromatic N) is 3. The Kier molecular flexibility index (Phi) is 12.2. The Morgan fingerprint density at radius 1 is 1.02 bits per heavy atom. The number of carbonyl (C=O) groups excluding carboxylic acids is 4. The largest absolute Gasteiger partial charge is 0.444 e. The van der Waals surface area contributed by atoms with Crippen LogP contribution in [0.4, 0.5) is 4.79 Å². The van der Waals surface area contributed by atoms with E-state index in [1.165, 1.54) is 6.20 Å². The van der Waals surface area contributed by atoms with Gasteiger partial charge in [-0.3, -0.25) is 19.4 Å². The smallest absolute Gasteiger partial charge is 0.407 e. The number of amides is 3. The molecule has 0 saturated carbocycles. The molecule has 1 saturated heterocycles. The molecule has 0 bridgehead atoms. The Morgan fingerprint density at radius 2 is 1.77 bits per heavy atom. The van der Waals surface area contributed by atoms with Gasteiger partial charge in [-0.05, 0) is 81.1 Å². The lowest BCUT2D eigenvalue weighted by molar-refractivity contribution is -0.125. The molecule has 1 fully saturated rings. The van der Waals surface area contributed by atoms with Gasteiger partial charge in [-0.15, -0.1) is 0 Å². The number of rotatable bonds is 13. The molecule has 258 valence electrons. The van der Waals surface area contributed by atoms with Gasteiger partial charge in [-0.25, -0.2) is 4.79 Å². The third-order valence-corrected chi connectivity index (χ3v) is 9.73. The fraction of sp³-hybridized carbons (Fsp3) is 0.457. The average Bonchev–Trinajstić information content (AvgIpc) is 3.68. The Morgan fingerprint density at radius 3 is 2.46 bits per heavy atom. The van der Waals surface area contributed by atoms with Gasteiger partial charge in [0.15, 0.2) is 5.78 Å². The zero-order chi connectivity index (χ0) is 35.1. The average molecular weight is 696 g/mol. The van der Waals surface area contributed by atoms with Gasteiger partial charge in [0.25, 0.3) is 5.91 Å². The van der Waals surface area contributed by atoms with Crippen molar-refractivity contribution in [2.45, 2.75) is 90.8 Å². The molecule has 0 unspecified atom stereocenters. The highest BCUT2D eigenvalue weighted by Crippen LogP contribution is 2.24. The minimum atomic E-state index is -1.33. The van der Waals surface area contributed by atoms with Crippen molar-refractivity contribution in [3.05, 3.63) is 88.0 Å². The monoisotopic (exact) mass is 695 g/mol. The maximum atomic E-state index is 14.1. The van der Waals surface area contributed by atoms with Gasteiger partial charge in [0.05, 0.1) is 0 Å². The fourth-order valence-electron chi connectivity index (χ4n) is 5.27. The van der Waals surface area contributed by atoms with E-state index in [-0.39, 0.29) is 43.1 Å². The van der Waals surface area contributed by atoms with Crippen molar-refractivity contribution in [1.29, 1.82) is 0 Å². The fourth-order valence-corrected chi connectivity index (χ4v) is 6.22. The second kappa shape index (κ2) is 15.9. The van der Waals surface area contributed by atoms with Crippen LogP contribution in [0.15, 0.2) is 55.0 Å². The SMILES string of the molecule is CC(C)(C)OC(=O)NCc1ccc(Cl)cc1CNC(=O)[C@@H]1CCCN1C(=O)c1cc(C(=O)c2cccnc2)cn1COCC[Si](C)(C)C. The number of nitrogens with one attached hydrogen (secondary N) is 2. The highest BCUT2D eigenvalue weighted by molar-refractivity contribution is 6.76. The molecular weight excluding hydrogens is 650 g/mol. The van der Waals surface area contributed by atoms with E-state index in [0.717, 1.165) is 17.2 Å². The molecule has 13 heteroatoms. The number of alkyl carbamates (subject to hydrolysis) is 1. The highest BCUT2D eigenvalue weighted by Gasteiger charge is 2.36. The van der Waals surface area contributed by atoms with E-state index >= 15 is 0 Å². The quantitative estimate of drug-likeness (QED) is 0.127. The van der Waals surface area contributed by atoms with Crippen LogP contribution in [0, 0.1) is 0 Å². The number of halogens is 1. The van der Waals surface area contributed by atoms with E-state index in [9.17, 15) is 19.2 Å². The van der Waals surface area contributed by atoms with E-state index in [1.807, 2.05) is 0 Å². The molecule has 4 rings (SSSR count). The molecule has 1 aliphatic heterocycles. The first-order valence-electron chi connectivity index (χ1n) is 16.2. The molecular formula is C35H46ClN5O6Si. The molecule has 48 heavy (non-hydrogen) atoms. The van der Waals surface area contributed by atoms with Crippen LogP contribution in [0.2, 0.25) is 30.7 Å². The molecule has 2 N–H and O–H groups in total. The first-order chi connectivity index (χ1) is 22.6. The summed E-state index contributed by atoms with van der Waals surface area (Å²) < 4.78 is 13.0. The first-order valence-corrected chi connectivity index (χ1v) is 20.3. The predicted octanol–water partition coefficient (Wildman–Crippen LogP) is 6.03. The number of ether oxygens (including phenoxy) is 2. The first kappa shape index (κ1) is 36.8. The molecule has 3 amide bonds. The number of benzene rings is 1. The molecule has 3 heterocycles. The molecule has 11 nitrogen and oxygen atoms in total. The number of hydrogen-bond acceptors (Lipinski definition) is 7. The second-order valence-corrected chi connectivity index (χ2v) is 20.2. The van der Waals surface area contributed by atoms with Crippen LogP contribution in [-0.4, -0.2) is 71.0 Å². The van der Waals surface area contributed by atoms with Crippen molar-refractivity contribution >= 4 is 43.4 Å². The molecule has 1 aromatic carbocycles. The van der Waals surface area contributed by atoms with E-state index in [4.69, 9.17) is 21.1 Å². The molecule has 0 radical (unpaired) electrons. The summed E-state index contributed by atoms with van der Waals surface area (Å²) in [5.41, 5.74) is 1.89. The minimum Gasteiger partial charge on any atom is -0.444 e. The van der Waals surface area contributed by atoms with Crippen molar-refractivity contribution < 1.29 is 28.7 Å². The van der Waals surface area contributed by atoms with Gasteiger partial charge < -0.3 is 29.6 Å². The van der Waals surface area contributed by atoms with Crippen LogP contribution in [0.25, 0.3) is 0 Å². The predicted molar refractivity (Wildman–Crippen MR) is 187 cm³/mol. The summed E-state index contributed by atoms with van der Waals surface area (Å²) in [7, 11) is -1.33. The van der Waals surface area contributed by atoms with Gasteiger partial charge in [0.2, 0.25) is 5.91 Å². The zero-order valence-corrected chi connectivity index (χ0v) is 30.4. The Labute approximate surface area is 288 Å². The summed E-state index contributed by atoms with van der Waals surface area (Å²) in [4.78, 5) is 58.7. The van der Waals surface area contributed by atoms with Crippen LogP contribution in [-0.2, 0) is 34.1 Å². The number of pyridine rings is 1. The molecule has 0 spiro atoms. The molecule has 1 atom stereocenters. The number of likely N-dealkylation sites (tertiary alicyclic amines) is 1. The highest BCUT2D eigenvalue weighted by atomic mass is 35.5. The van der Waals surface area contributed by atoms with Crippen LogP contribution in [0.1, 0.15) is 71.1 Å². The van der Waals surface area contributed by atoms with Crippen LogP contribution >= 0.6 is 11.6 Å². The number of ketones is 1. The maximum Gasteiger partial charge on any atom is 0.407 e. The van der Waals surface area contributed by atoms with Crippen molar-refractivity contribution in [2.24, 2.45) is 0 Å². The Hall–Kier alpha value is -4.00. The van der Waals surface area contributed by atoms with Crippen molar-refractivity contribution in [3.63, 3.8) is 0 Å². The summed E-state index contributed by atoms with van der Waals surface area (Å²) in [6, 6.07) is 10.4. The Bertz CT molecular complexity index is 1620. The summed E-state index contributed by atoms with van der Waals surface area (Å²) >= 11 is 6.27. The number of aromatic nitrogens is 2. The number of carbonyl (C=O) groups is 4. The molecule has 0 aliphatic carbocycles. The van der Waals surface area contributed by atoms with Gasteiger partial charge in [0.1, 0.15) is 24.1 Å². The summed E-state index contributed by atoms with van der Waals surface area (Å²) in [6.07, 6.45) is 5.31. The van der Waals surface area contributed by atoms with Gasteiger partial charge in [0, 0.05) is 69.1 Å². The van der Waals surface area contributed by atoms with E-state index < -0.39 is 25.8 Å². The molecule has 1 aliphatic rings. The summed E-state index contributed by atoms with van der Waals surface area (Å²) in [5, 5.41) is 6.19. The number of hydrogen-bond donors (Lipinski definition) is 2. The van der Waals surface area contributed by atoms with Gasteiger partial charge in [-0.1, -0.05) is 37.3 Å². The lowest BCUT2D eigenvalue weighted by Crippen LogP contribution is -2.46. The maximum absolute atomic E-state index is 14.1. The topological polar surface area (TPSA) is 132 Å². The van der Waals surface area contributed by atoms with Gasteiger partial charge in [-0.2, -0.15) is 0 Å². The van der Waals surface area contributed by atoms with Crippen LogP contribution in [0.3, 0.4) is 0 Å². The minimum absolute atomic E-state index is 0.103. The van der Waals surface area contributed by atoms with Crippen molar-refractivity contribution in [3.8, 4) is 0 Å². The molecule has 3 aromatic rings. The summed E-state index contributed by atoms with van der Waals surface area (Å²) in [6.45, 7) is 13.5. The lowest BCUT2D eigenvalue weighted by atomic mass is 10.1. The third-order valence-electron chi connectivity index (χ3n) is 7.79. The Balaban J connectivity index is 1.48. The van der Waals surface area contributed by atoms with Crippen molar-refractivity contribution in [2.75, 3.05) is 13.2 Å². The van der Waals surface area contributed by atoms with Crippen LogP contribution in [0.5, 0.6) is 0 Å². The molecule has 2 aromatic heterocycles. The lowest BCUT2D eigenvalue weighted by Gasteiger charge is -2.25. The normalized spacial score (nSPS) is 14.9. The van der Waals surface area contributed by atoms with E-state index in [0.29, 0.717) is 42.1 Å². The third kappa shape index (κ3) is 10.5. The van der Waals surface area contributed by atoms with E-state index in [2.05, 4.69) is 35.3 Å². The van der Waals surface area contributed by atoms with Gasteiger partial charge >= 0.3 is 6.09 Å². The van der Waals surface area contributed by atoms with Crippen LogP contribution < -0.4 is 10.6 Å². The summed E-state index contributed by atoms with van der Waals surface area (Å²) in [5.74, 6) is -0.910. The van der Waals surface area contributed by atoms with E-state index in [1.54, 1.807) is 79.0 Å². The van der Waals surface area contributed by atoms with Crippen molar-refractivity contribution in [1.82, 2.24) is 25.1 Å². The second-order valence-electron chi connectivity index (χ2n) is 14.1. The zero-order valence-electron chi connectivity index (χ0n) is 28.6.